The first-order valence-electron chi connectivity index (χ1n) is 5.63. The van der Waals surface area contributed by atoms with Crippen LogP contribution in [0.4, 0.5) is 4.79 Å². The van der Waals surface area contributed by atoms with Crippen molar-refractivity contribution in [2.75, 3.05) is 7.11 Å². The van der Waals surface area contributed by atoms with Crippen molar-refractivity contribution in [2.45, 2.75) is 12.5 Å². The number of ether oxygens (including phenoxy) is 2. The maximum atomic E-state index is 10.9. The highest BCUT2D eigenvalue weighted by Gasteiger charge is 2.18. The molecule has 0 spiro atoms. The van der Waals surface area contributed by atoms with Crippen molar-refractivity contribution in [2.24, 2.45) is 5.73 Å². The van der Waals surface area contributed by atoms with Gasteiger partial charge in [-0.15, -0.1) is 0 Å². The largest absolute Gasteiger partial charge is 0.497 e. The molecular weight excluding hydrogens is 248 g/mol. The maximum Gasteiger partial charge on any atom is 0.405 e. The number of benzene rings is 1. The highest BCUT2D eigenvalue weighted by molar-refractivity contribution is 5.65. The van der Waals surface area contributed by atoms with Crippen molar-refractivity contribution in [3.05, 3.63) is 41.7 Å². The van der Waals surface area contributed by atoms with Gasteiger partial charge >= 0.3 is 6.09 Å². The van der Waals surface area contributed by atoms with Crippen LogP contribution in [0.5, 0.6) is 5.75 Å². The molecule has 0 aliphatic rings. The number of H-pyrrole nitrogens is 1. The number of carbonyl (C=O) groups is 1. The molecule has 19 heavy (non-hydrogen) atoms. The molecule has 0 fully saturated rings. The Hall–Kier alpha value is -2.57. The van der Waals surface area contributed by atoms with E-state index in [1.807, 2.05) is 24.3 Å². The molecular formula is C12H14N4O3. The van der Waals surface area contributed by atoms with Crippen LogP contribution >= 0.6 is 0 Å². The molecule has 1 atom stereocenters. The molecule has 100 valence electrons. The molecule has 1 aromatic heterocycles. The third kappa shape index (κ3) is 3.44. The molecule has 0 saturated heterocycles. The predicted octanol–water partition coefficient (Wildman–Crippen LogP) is 1.19. The fourth-order valence-corrected chi connectivity index (χ4v) is 1.69. The first kappa shape index (κ1) is 12.9. The zero-order chi connectivity index (χ0) is 13.7. The summed E-state index contributed by atoms with van der Waals surface area (Å²) in [5.41, 5.74) is 6.55. The van der Waals surface area contributed by atoms with Crippen molar-refractivity contribution in [1.82, 2.24) is 15.4 Å². The van der Waals surface area contributed by atoms with Gasteiger partial charge < -0.3 is 15.2 Å². The monoisotopic (exact) mass is 262 g/mol. The summed E-state index contributed by atoms with van der Waals surface area (Å²) >= 11 is 0. The van der Waals surface area contributed by atoms with E-state index >= 15 is 0 Å². The molecule has 1 unspecified atom stereocenters. The van der Waals surface area contributed by atoms with Crippen molar-refractivity contribution in [3.63, 3.8) is 0 Å². The summed E-state index contributed by atoms with van der Waals surface area (Å²) in [5, 5.41) is 10.1. The summed E-state index contributed by atoms with van der Waals surface area (Å²) in [6, 6.07) is 7.44. The molecule has 1 heterocycles. The summed E-state index contributed by atoms with van der Waals surface area (Å²) in [7, 11) is 1.60. The minimum Gasteiger partial charge on any atom is -0.497 e. The number of nitrogens with zero attached hydrogens (tertiary/aromatic N) is 2. The van der Waals surface area contributed by atoms with Gasteiger partial charge in [0.25, 0.3) is 0 Å². The molecule has 7 nitrogen and oxygen atoms in total. The summed E-state index contributed by atoms with van der Waals surface area (Å²) in [6.45, 7) is 0. The topological polar surface area (TPSA) is 103 Å². The van der Waals surface area contributed by atoms with Gasteiger partial charge in [0.1, 0.15) is 11.4 Å². The molecule has 2 aromatic rings. The number of hydrogen-bond acceptors (Lipinski definition) is 5. The fourth-order valence-electron chi connectivity index (χ4n) is 1.69. The smallest absolute Gasteiger partial charge is 0.405 e. The molecule has 0 bridgehead atoms. The zero-order valence-corrected chi connectivity index (χ0v) is 10.4. The molecule has 0 saturated carbocycles. The molecule has 0 aliphatic heterocycles. The van der Waals surface area contributed by atoms with Crippen LogP contribution in [-0.2, 0) is 11.2 Å². The number of amides is 1. The van der Waals surface area contributed by atoms with E-state index in [0.29, 0.717) is 12.1 Å². The molecule has 1 aromatic carbocycles. The van der Waals surface area contributed by atoms with Crippen LogP contribution in [0.25, 0.3) is 0 Å². The number of aromatic amines is 1. The van der Waals surface area contributed by atoms with E-state index in [1.54, 1.807) is 7.11 Å². The van der Waals surface area contributed by atoms with Gasteiger partial charge in [-0.05, 0) is 17.7 Å². The number of primary amides is 1. The van der Waals surface area contributed by atoms with Crippen molar-refractivity contribution in [1.29, 1.82) is 0 Å². The lowest BCUT2D eigenvalue weighted by atomic mass is 10.1. The second-order valence-corrected chi connectivity index (χ2v) is 3.87. The third-order valence-electron chi connectivity index (χ3n) is 2.60. The Morgan fingerprint density at radius 1 is 1.42 bits per heavy atom. The van der Waals surface area contributed by atoms with E-state index in [-0.39, 0.29) is 0 Å². The van der Waals surface area contributed by atoms with Crippen LogP contribution in [0.15, 0.2) is 30.5 Å². The van der Waals surface area contributed by atoms with Crippen LogP contribution in [0.1, 0.15) is 17.4 Å². The van der Waals surface area contributed by atoms with Gasteiger partial charge in [0, 0.05) is 6.42 Å². The second-order valence-electron chi connectivity index (χ2n) is 3.87. The lowest BCUT2D eigenvalue weighted by molar-refractivity contribution is 0.104. The number of nitrogens with one attached hydrogen (secondary N) is 1. The molecule has 3 N–H and O–H groups in total. The lowest BCUT2D eigenvalue weighted by Crippen LogP contribution is -2.19. The first-order valence-corrected chi connectivity index (χ1v) is 5.63. The Labute approximate surface area is 109 Å². The van der Waals surface area contributed by atoms with Crippen molar-refractivity contribution >= 4 is 6.09 Å². The third-order valence-corrected chi connectivity index (χ3v) is 2.60. The highest BCUT2D eigenvalue weighted by atomic mass is 16.6. The Balaban J connectivity index is 2.12. The number of carbonyl (C=O) groups excluding carboxylic acids is 1. The van der Waals surface area contributed by atoms with Gasteiger partial charge in [0.2, 0.25) is 0 Å². The Kier molecular flexibility index (Phi) is 3.97. The van der Waals surface area contributed by atoms with E-state index in [1.165, 1.54) is 6.20 Å². The number of methoxy groups -OCH3 is 1. The Morgan fingerprint density at radius 3 is 2.68 bits per heavy atom. The molecule has 0 aliphatic carbocycles. The molecule has 2 rings (SSSR count). The van der Waals surface area contributed by atoms with E-state index < -0.39 is 12.2 Å². The van der Waals surface area contributed by atoms with Crippen LogP contribution in [0.3, 0.4) is 0 Å². The number of aromatic nitrogens is 3. The van der Waals surface area contributed by atoms with Crippen LogP contribution in [0.2, 0.25) is 0 Å². The summed E-state index contributed by atoms with van der Waals surface area (Å²) in [4.78, 5) is 10.9. The van der Waals surface area contributed by atoms with Crippen molar-refractivity contribution in [3.8, 4) is 5.75 Å². The Bertz CT molecular complexity index is 524. The predicted molar refractivity (Wildman–Crippen MR) is 66.5 cm³/mol. The highest BCUT2D eigenvalue weighted by Crippen LogP contribution is 2.21. The summed E-state index contributed by atoms with van der Waals surface area (Å²) < 4.78 is 10.1. The van der Waals surface area contributed by atoms with Crippen molar-refractivity contribution < 1.29 is 14.3 Å². The average Bonchev–Trinajstić information content (AvgIpc) is 2.92. The van der Waals surface area contributed by atoms with E-state index in [2.05, 4.69) is 15.4 Å². The quantitative estimate of drug-likeness (QED) is 0.842. The van der Waals surface area contributed by atoms with Gasteiger partial charge in [-0.3, -0.25) is 0 Å². The lowest BCUT2D eigenvalue weighted by Gasteiger charge is -2.14. The van der Waals surface area contributed by atoms with Gasteiger partial charge in [-0.25, -0.2) is 4.79 Å². The standard InChI is InChI=1S/C12H14N4O3/c1-18-9-4-2-8(3-5-9)6-11(19-12(13)17)10-7-14-16-15-10/h2-5,7,11H,6H2,1H3,(H2,13,17)(H,14,15,16). The SMILES string of the molecule is COc1ccc(CC(OC(N)=O)c2cn[nH]n2)cc1. The van der Waals surface area contributed by atoms with Gasteiger partial charge in [0.15, 0.2) is 6.10 Å². The molecule has 0 radical (unpaired) electrons. The number of nitrogens with two attached hydrogens (primary N) is 1. The maximum absolute atomic E-state index is 10.9. The summed E-state index contributed by atoms with van der Waals surface area (Å²) in [5.74, 6) is 0.762. The number of rotatable bonds is 5. The van der Waals surface area contributed by atoms with Gasteiger partial charge in [-0.2, -0.15) is 15.4 Å². The normalized spacial score (nSPS) is 11.8. The van der Waals surface area contributed by atoms with E-state index in [4.69, 9.17) is 15.2 Å². The van der Waals surface area contributed by atoms with Crippen LogP contribution in [-0.4, -0.2) is 28.6 Å². The minimum atomic E-state index is -0.846. The zero-order valence-electron chi connectivity index (χ0n) is 10.4. The van der Waals surface area contributed by atoms with Gasteiger partial charge in [0.05, 0.1) is 13.3 Å². The second kappa shape index (κ2) is 5.85. The molecule has 1 amide bonds. The Morgan fingerprint density at radius 2 is 2.16 bits per heavy atom. The van der Waals surface area contributed by atoms with E-state index in [9.17, 15) is 4.79 Å². The van der Waals surface area contributed by atoms with E-state index in [0.717, 1.165) is 11.3 Å². The summed E-state index contributed by atoms with van der Waals surface area (Å²) in [6.07, 6.45) is 0.544. The van der Waals surface area contributed by atoms with Crippen LogP contribution in [0, 0.1) is 0 Å². The van der Waals surface area contributed by atoms with Crippen LogP contribution < -0.4 is 10.5 Å². The first-order chi connectivity index (χ1) is 9.19. The minimum absolute atomic E-state index is 0.458. The van der Waals surface area contributed by atoms with Gasteiger partial charge in [-0.1, -0.05) is 12.1 Å². The number of hydrogen-bond donors (Lipinski definition) is 2. The average molecular weight is 262 g/mol. The molecule has 7 heteroatoms. The fraction of sp³-hybridized carbons (Fsp3) is 0.250.